The lowest BCUT2D eigenvalue weighted by Crippen LogP contribution is -2.50. The summed E-state index contributed by atoms with van der Waals surface area (Å²) in [6, 6.07) is 11.3. The molecule has 15 heteroatoms. The number of benzene rings is 2. The number of rotatable bonds is 9. The van der Waals surface area contributed by atoms with Crippen molar-refractivity contribution in [2.45, 2.75) is 44.3 Å². The smallest absolute Gasteiger partial charge is 0.408 e. The van der Waals surface area contributed by atoms with Crippen LogP contribution >= 0.6 is 11.9 Å². The van der Waals surface area contributed by atoms with Crippen LogP contribution in [-0.4, -0.2) is 49.7 Å². The lowest BCUT2D eigenvalue weighted by atomic mass is 9.89. The molecule has 0 spiro atoms. The van der Waals surface area contributed by atoms with Gasteiger partial charge >= 0.3 is 19.0 Å². The van der Waals surface area contributed by atoms with Crippen LogP contribution in [0.5, 0.6) is 11.5 Å². The van der Waals surface area contributed by atoms with Crippen molar-refractivity contribution >= 4 is 29.3 Å². The molecule has 0 saturated carbocycles. The molecular weight excluding hydrogens is 576 g/mol. The van der Waals surface area contributed by atoms with Gasteiger partial charge in [0.15, 0.2) is 0 Å². The van der Waals surface area contributed by atoms with E-state index in [0.717, 1.165) is 24.1 Å². The topological polar surface area (TPSA) is 76.7 Å². The van der Waals surface area contributed by atoms with E-state index in [0.29, 0.717) is 5.75 Å². The molecule has 1 unspecified atom stereocenters. The number of hydrogen-bond acceptors (Lipinski definition) is 5. The highest BCUT2D eigenvalue weighted by Crippen LogP contribution is 2.35. The average molecular weight is 601 g/mol. The molecule has 1 aliphatic rings. The maximum atomic E-state index is 13.0. The molecular formula is C25H24F8N2O4S. The summed E-state index contributed by atoms with van der Waals surface area (Å²) in [5.74, 6) is -1.60. The maximum Gasteiger partial charge on any atom is 0.408 e. The van der Waals surface area contributed by atoms with E-state index >= 15 is 0 Å². The molecule has 2 amide bonds. The molecule has 2 aromatic rings. The first-order chi connectivity index (χ1) is 18.7. The highest BCUT2D eigenvalue weighted by Gasteiger charge is 2.45. The Balaban J connectivity index is 0.000000337. The van der Waals surface area contributed by atoms with E-state index in [4.69, 9.17) is 4.74 Å². The van der Waals surface area contributed by atoms with Crippen molar-refractivity contribution in [3.05, 3.63) is 65.7 Å². The Hall–Kier alpha value is -3.49. The van der Waals surface area contributed by atoms with Crippen LogP contribution in [-0.2, 0) is 9.59 Å². The lowest BCUT2D eigenvalue weighted by Gasteiger charge is -2.29. The Bertz CT molecular complexity index is 1140. The first kappa shape index (κ1) is 32.7. The zero-order valence-electron chi connectivity index (χ0n) is 20.7. The van der Waals surface area contributed by atoms with Crippen molar-refractivity contribution in [3.8, 4) is 11.5 Å². The van der Waals surface area contributed by atoms with Crippen LogP contribution in [0.25, 0.3) is 5.57 Å². The fourth-order valence-electron chi connectivity index (χ4n) is 3.39. The van der Waals surface area contributed by atoms with Crippen LogP contribution in [0.2, 0.25) is 0 Å². The third kappa shape index (κ3) is 10.9. The Labute approximate surface area is 228 Å². The van der Waals surface area contributed by atoms with Crippen LogP contribution < -0.4 is 19.5 Å². The van der Waals surface area contributed by atoms with Gasteiger partial charge in [0.25, 0.3) is 11.8 Å². The third-order valence-corrected chi connectivity index (χ3v) is 5.49. The van der Waals surface area contributed by atoms with Crippen LogP contribution in [0, 0.1) is 0 Å². The average Bonchev–Trinajstić information content (AvgIpc) is 2.86. The Morgan fingerprint density at radius 1 is 1.02 bits per heavy atom. The van der Waals surface area contributed by atoms with E-state index in [1.54, 1.807) is 29.6 Å². The molecule has 0 saturated heterocycles. The zero-order valence-corrected chi connectivity index (χ0v) is 21.6. The van der Waals surface area contributed by atoms with E-state index in [9.17, 15) is 44.7 Å². The molecule has 6 nitrogen and oxygen atoms in total. The molecule has 0 radical (unpaired) electrons. The highest BCUT2D eigenvalue weighted by atomic mass is 32.2. The molecule has 1 atom stereocenters. The van der Waals surface area contributed by atoms with Gasteiger partial charge in [-0.25, -0.2) is 0 Å². The fraction of sp³-hybridized carbons (Fsp3) is 0.360. The summed E-state index contributed by atoms with van der Waals surface area (Å²) in [4.78, 5) is 24.2. The van der Waals surface area contributed by atoms with Crippen LogP contribution in [0.1, 0.15) is 24.8 Å². The van der Waals surface area contributed by atoms with E-state index < -0.39 is 55.2 Å². The fourth-order valence-corrected chi connectivity index (χ4v) is 3.67. The van der Waals surface area contributed by atoms with Crippen molar-refractivity contribution in [1.29, 1.82) is 0 Å². The normalized spacial score (nSPS) is 15.7. The summed E-state index contributed by atoms with van der Waals surface area (Å²) in [6.45, 7) is -2.96. The van der Waals surface area contributed by atoms with Gasteiger partial charge in [0.2, 0.25) is 0 Å². The Morgan fingerprint density at radius 2 is 1.65 bits per heavy atom. The zero-order chi connectivity index (χ0) is 29.9. The minimum absolute atomic E-state index is 0.00159. The molecule has 0 aliphatic carbocycles. The molecule has 0 aromatic heterocycles. The summed E-state index contributed by atoms with van der Waals surface area (Å²) >= 11 is 0.879. The van der Waals surface area contributed by atoms with Crippen molar-refractivity contribution in [1.82, 2.24) is 10.0 Å². The van der Waals surface area contributed by atoms with E-state index in [-0.39, 0.29) is 29.9 Å². The predicted molar refractivity (Wildman–Crippen MR) is 131 cm³/mol. The molecule has 40 heavy (non-hydrogen) atoms. The van der Waals surface area contributed by atoms with Crippen LogP contribution in [0.15, 0.2) is 60.2 Å². The minimum atomic E-state index is -4.71. The first-order valence-corrected chi connectivity index (χ1v) is 12.7. The molecule has 2 aromatic carbocycles. The Kier molecular flexibility index (Phi) is 12.1. The molecule has 1 aliphatic heterocycles. The molecule has 0 bridgehead atoms. The van der Waals surface area contributed by atoms with Crippen LogP contribution in [0.3, 0.4) is 0 Å². The summed E-state index contributed by atoms with van der Waals surface area (Å²) in [7, 11) is 0. The second-order valence-electron chi connectivity index (χ2n) is 8.04. The van der Waals surface area contributed by atoms with Crippen LogP contribution in [0.4, 0.5) is 35.1 Å². The van der Waals surface area contributed by atoms with E-state index in [2.05, 4.69) is 9.46 Å². The van der Waals surface area contributed by atoms with Gasteiger partial charge in [-0.1, -0.05) is 42.3 Å². The Morgan fingerprint density at radius 3 is 2.17 bits per heavy atom. The van der Waals surface area contributed by atoms with Gasteiger partial charge in [-0.2, -0.15) is 35.1 Å². The number of halogens is 8. The number of para-hydroxylation sites is 1. The van der Waals surface area contributed by atoms with Crippen molar-refractivity contribution in [2.75, 3.05) is 12.9 Å². The van der Waals surface area contributed by atoms with Gasteiger partial charge in [-0.15, -0.1) is 0 Å². The van der Waals surface area contributed by atoms with Crippen molar-refractivity contribution in [3.63, 3.8) is 0 Å². The lowest BCUT2D eigenvalue weighted by molar-refractivity contribution is -0.160. The van der Waals surface area contributed by atoms with Gasteiger partial charge in [-0.05, 0) is 41.8 Å². The quantitative estimate of drug-likeness (QED) is 0.153. The molecule has 1 heterocycles. The van der Waals surface area contributed by atoms with Gasteiger partial charge < -0.3 is 14.8 Å². The highest BCUT2D eigenvalue weighted by molar-refractivity contribution is 7.97. The third-order valence-electron chi connectivity index (χ3n) is 5.10. The summed E-state index contributed by atoms with van der Waals surface area (Å²) < 4.78 is 110. The summed E-state index contributed by atoms with van der Waals surface area (Å²) in [6.07, 6.45) is -8.74. The number of ether oxygens (including phenoxy) is 2. The van der Waals surface area contributed by atoms with Gasteiger partial charge in [0, 0.05) is 19.1 Å². The van der Waals surface area contributed by atoms with Crippen molar-refractivity contribution < 1.29 is 54.2 Å². The summed E-state index contributed by atoms with van der Waals surface area (Å²) in [5, 5.41) is 1.77. The SMILES string of the molecule is CSNC(=O)C1=C(c2ccc(OC(F)F)cc2)CC(C(F)(F)F)NC1=O.FC(F)(F)CCCOc1ccccc1. The minimum Gasteiger partial charge on any atom is -0.494 e. The second-order valence-corrected chi connectivity index (χ2v) is 8.66. The number of alkyl halides is 8. The molecule has 220 valence electrons. The predicted octanol–water partition coefficient (Wildman–Crippen LogP) is 6.29. The standard InChI is InChI=1S/C15H13F5N2O3S.C10H11F3O/c1-26-22-13(24)11-9(6-10(15(18,19)20)21-12(11)23)7-2-4-8(5-3-7)25-14(16)17;11-10(12,13)7-4-8-14-9-5-2-1-3-6-9/h2-5,10,14H,6H2,1H3,(H,21,23)(H,22,24);1-3,5-6H,4,7-8H2. The van der Waals surface area contributed by atoms with Gasteiger partial charge in [0.05, 0.1) is 6.61 Å². The van der Waals surface area contributed by atoms with Gasteiger partial charge in [-0.3, -0.25) is 14.3 Å². The maximum absolute atomic E-state index is 13.0. The molecule has 2 N–H and O–H groups in total. The number of nitrogens with one attached hydrogen (secondary N) is 2. The van der Waals surface area contributed by atoms with Crippen molar-refractivity contribution in [2.24, 2.45) is 0 Å². The summed E-state index contributed by atoms with van der Waals surface area (Å²) in [5.41, 5.74) is -0.462. The molecule has 0 fully saturated rings. The number of amides is 2. The second kappa shape index (κ2) is 14.8. The van der Waals surface area contributed by atoms with E-state index in [1.165, 1.54) is 18.4 Å². The number of carbonyl (C=O) groups is 2. The van der Waals surface area contributed by atoms with E-state index in [1.807, 2.05) is 6.07 Å². The number of carbonyl (C=O) groups excluding carboxylic acids is 2. The molecule has 3 rings (SSSR count). The number of hydrogen-bond donors (Lipinski definition) is 2. The first-order valence-electron chi connectivity index (χ1n) is 11.4. The monoisotopic (exact) mass is 600 g/mol. The largest absolute Gasteiger partial charge is 0.494 e. The van der Waals surface area contributed by atoms with Gasteiger partial charge in [0.1, 0.15) is 23.1 Å².